The lowest BCUT2D eigenvalue weighted by molar-refractivity contribution is -0.00631. The van der Waals surface area contributed by atoms with Crippen LogP contribution in [-0.4, -0.2) is 35.7 Å². The van der Waals surface area contributed by atoms with Crippen molar-refractivity contribution in [2.24, 2.45) is 11.8 Å². The van der Waals surface area contributed by atoms with Crippen LogP contribution in [0, 0.1) is 11.8 Å². The van der Waals surface area contributed by atoms with E-state index < -0.39 is 0 Å². The van der Waals surface area contributed by atoms with Crippen LogP contribution in [0.1, 0.15) is 12.8 Å². The molecule has 2 unspecified atom stereocenters. The maximum absolute atomic E-state index is 9.10. The molecule has 1 N–H and O–H groups in total. The highest BCUT2D eigenvalue weighted by Gasteiger charge is 2.38. The Labute approximate surface area is 73.9 Å². The first kappa shape index (κ1) is 8.27. The molecule has 0 saturated carbocycles. The van der Waals surface area contributed by atoms with E-state index in [4.69, 9.17) is 5.11 Å². The van der Waals surface area contributed by atoms with Crippen LogP contribution in [-0.2, 0) is 0 Å². The van der Waals surface area contributed by atoms with Crippen LogP contribution in [0.25, 0.3) is 0 Å². The standard InChI is InChI=1S/C10H17NO/c1-2-8-6-11-4-3-9(8)5-10(11)7-12/h2,8-10,12H,1,3-7H2/t8?,9-,10+/m0/s1. The molecule has 3 aliphatic heterocycles. The molecular formula is C10H17NO. The molecule has 0 aromatic heterocycles. The van der Waals surface area contributed by atoms with Crippen LogP contribution < -0.4 is 0 Å². The maximum atomic E-state index is 9.10. The van der Waals surface area contributed by atoms with E-state index in [1.807, 2.05) is 0 Å². The zero-order valence-electron chi connectivity index (χ0n) is 7.45. The fourth-order valence-corrected chi connectivity index (χ4v) is 2.64. The second-order valence-corrected chi connectivity index (χ2v) is 4.02. The molecule has 2 nitrogen and oxygen atoms in total. The Morgan fingerprint density at radius 1 is 1.58 bits per heavy atom. The third kappa shape index (κ3) is 1.19. The molecule has 3 rings (SSSR count). The van der Waals surface area contributed by atoms with Crippen molar-refractivity contribution in [3.05, 3.63) is 12.7 Å². The second kappa shape index (κ2) is 3.19. The van der Waals surface area contributed by atoms with Crippen LogP contribution in [0.4, 0.5) is 0 Å². The Hall–Kier alpha value is -0.340. The normalized spacial score (nSPS) is 46.1. The van der Waals surface area contributed by atoms with E-state index in [0.717, 1.165) is 12.5 Å². The number of hydrogen-bond donors (Lipinski definition) is 1. The number of hydrogen-bond acceptors (Lipinski definition) is 2. The minimum atomic E-state index is 0.334. The molecule has 0 spiro atoms. The summed E-state index contributed by atoms with van der Waals surface area (Å²) in [5.41, 5.74) is 0. The number of piperidine rings is 3. The largest absolute Gasteiger partial charge is 0.395 e. The first-order chi connectivity index (χ1) is 5.85. The van der Waals surface area contributed by atoms with E-state index in [-0.39, 0.29) is 0 Å². The van der Waals surface area contributed by atoms with Gasteiger partial charge in [-0.05, 0) is 31.2 Å². The molecule has 0 amide bonds. The molecule has 3 aliphatic rings. The average Bonchev–Trinajstić information content (AvgIpc) is 2.18. The van der Waals surface area contributed by atoms with Crippen molar-refractivity contribution < 1.29 is 5.11 Å². The van der Waals surface area contributed by atoms with Crippen LogP contribution in [0.5, 0.6) is 0 Å². The number of aliphatic hydroxyl groups excluding tert-OH is 1. The molecule has 2 heteroatoms. The van der Waals surface area contributed by atoms with Crippen LogP contribution in [0.3, 0.4) is 0 Å². The number of rotatable bonds is 2. The van der Waals surface area contributed by atoms with Gasteiger partial charge in [-0.25, -0.2) is 0 Å². The highest BCUT2D eigenvalue weighted by molar-refractivity contribution is 4.98. The molecule has 0 aromatic rings. The predicted octanol–water partition coefficient (Wildman–Crippen LogP) is 0.875. The van der Waals surface area contributed by atoms with Crippen molar-refractivity contribution >= 4 is 0 Å². The van der Waals surface area contributed by atoms with Gasteiger partial charge in [0, 0.05) is 12.6 Å². The van der Waals surface area contributed by atoms with Crippen molar-refractivity contribution in [3.8, 4) is 0 Å². The topological polar surface area (TPSA) is 23.5 Å². The zero-order valence-corrected chi connectivity index (χ0v) is 7.45. The zero-order chi connectivity index (χ0) is 8.55. The minimum absolute atomic E-state index is 0.334. The lowest BCUT2D eigenvalue weighted by atomic mass is 9.76. The Morgan fingerprint density at radius 3 is 2.92 bits per heavy atom. The lowest BCUT2D eigenvalue weighted by Crippen LogP contribution is -2.54. The molecule has 2 bridgehead atoms. The predicted molar refractivity (Wildman–Crippen MR) is 48.9 cm³/mol. The van der Waals surface area contributed by atoms with Crippen molar-refractivity contribution in [1.29, 1.82) is 0 Å². The fourth-order valence-electron chi connectivity index (χ4n) is 2.64. The third-order valence-corrected chi connectivity index (χ3v) is 3.44. The molecule has 0 aliphatic carbocycles. The van der Waals surface area contributed by atoms with Gasteiger partial charge < -0.3 is 5.11 Å². The van der Waals surface area contributed by atoms with Crippen LogP contribution in [0.15, 0.2) is 12.7 Å². The van der Waals surface area contributed by atoms with Crippen molar-refractivity contribution in [3.63, 3.8) is 0 Å². The van der Waals surface area contributed by atoms with E-state index in [1.54, 1.807) is 0 Å². The van der Waals surface area contributed by atoms with Gasteiger partial charge >= 0.3 is 0 Å². The summed E-state index contributed by atoms with van der Waals surface area (Å²) in [7, 11) is 0. The van der Waals surface area contributed by atoms with E-state index in [2.05, 4.69) is 17.6 Å². The summed E-state index contributed by atoms with van der Waals surface area (Å²) in [6.07, 6.45) is 4.56. The molecule has 0 aromatic carbocycles. The molecule has 12 heavy (non-hydrogen) atoms. The third-order valence-electron chi connectivity index (χ3n) is 3.44. The van der Waals surface area contributed by atoms with Gasteiger partial charge in [0.15, 0.2) is 0 Å². The van der Waals surface area contributed by atoms with Gasteiger partial charge in [-0.2, -0.15) is 0 Å². The first-order valence-electron chi connectivity index (χ1n) is 4.82. The lowest BCUT2D eigenvalue weighted by Gasteiger charge is -2.48. The Bertz CT molecular complexity index is 181. The molecule has 3 fully saturated rings. The monoisotopic (exact) mass is 167 g/mol. The summed E-state index contributed by atoms with van der Waals surface area (Å²) in [5.74, 6) is 1.48. The summed E-state index contributed by atoms with van der Waals surface area (Å²) in [5, 5.41) is 9.10. The Morgan fingerprint density at radius 2 is 2.42 bits per heavy atom. The van der Waals surface area contributed by atoms with Crippen LogP contribution >= 0.6 is 0 Å². The Kier molecular flexibility index (Phi) is 2.20. The fraction of sp³-hybridized carbons (Fsp3) is 0.800. The number of aliphatic hydroxyl groups is 1. The summed E-state index contributed by atoms with van der Waals surface area (Å²) >= 11 is 0. The second-order valence-electron chi connectivity index (χ2n) is 4.02. The molecule has 3 saturated heterocycles. The van der Waals surface area contributed by atoms with E-state index in [9.17, 15) is 0 Å². The van der Waals surface area contributed by atoms with Crippen molar-refractivity contribution in [2.45, 2.75) is 18.9 Å². The quantitative estimate of drug-likeness (QED) is 0.617. The number of nitrogens with zero attached hydrogens (tertiary/aromatic N) is 1. The minimum Gasteiger partial charge on any atom is -0.395 e. The highest BCUT2D eigenvalue weighted by atomic mass is 16.3. The molecule has 0 radical (unpaired) electrons. The van der Waals surface area contributed by atoms with E-state index >= 15 is 0 Å². The van der Waals surface area contributed by atoms with Gasteiger partial charge in [0.05, 0.1) is 6.61 Å². The van der Waals surface area contributed by atoms with Crippen molar-refractivity contribution in [2.75, 3.05) is 19.7 Å². The van der Waals surface area contributed by atoms with E-state index in [1.165, 1.54) is 19.4 Å². The first-order valence-corrected chi connectivity index (χ1v) is 4.82. The van der Waals surface area contributed by atoms with Gasteiger partial charge in [-0.3, -0.25) is 4.90 Å². The van der Waals surface area contributed by atoms with Crippen LogP contribution in [0.2, 0.25) is 0 Å². The highest BCUT2D eigenvalue weighted by Crippen LogP contribution is 2.36. The number of fused-ring (bicyclic) bond motifs is 3. The van der Waals surface area contributed by atoms with Gasteiger partial charge in [0.25, 0.3) is 0 Å². The molecule has 68 valence electrons. The summed E-state index contributed by atoms with van der Waals surface area (Å²) in [6, 6.07) is 0.444. The average molecular weight is 167 g/mol. The summed E-state index contributed by atoms with van der Waals surface area (Å²) < 4.78 is 0. The van der Waals surface area contributed by atoms with Gasteiger partial charge in [0.1, 0.15) is 0 Å². The van der Waals surface area contributed by atoms with Gasteiger partial charge in [0.2, 0.25) is 0 Å². The summed E-state index contributed by atoms with van der Waals surface area (Å²) in [4.78, 5) is 2.41. The van der Waals surface area contributed by atoms with Gasteiger partial charge in [-0.15, -0.1) is 6.58 Å². The smallest absolute Gasteiger partial charge is 0.0586 e. The Balaban J connectivity index is 2.05. The van der Waals surface area contributed by atoms with E-state index in [0.29, 0.717) is 18.6 Å². The molecule has 4 atom stereocenters. The maximum Gasteiger partial charge on any atom is 0.0586 e. The summed E-state index contributed by atoms with van der Waals surface area (Å²) in [6.45, 7) is 6.50. The molecular weight excluding hydrogens is 150 g/mol. The SMILES string of the molecule is C=CC1CN2CC[C@H]1C[C@@H]2CO. The van der Waals surface area contributed by atoms with Gasteiger partial charge in [-0.1, -0.05) is 6.08 Å². The molecule has 3 heterocycles. The van der Waals surface area contributed by atoms with Crippen molar-refractivity contribution in [1.82, 2.24) is 4.90 Å².